The highest BCUT2D eigenvalue weighted by molar-refractivity contribution is 6.00. The third-order valence-electron chi connectivity index (χ3n) is 5.50. The number of benzene rings is 1. The fourth-order valence-corrected chi connectivity index (χ4v) is 4.29. The molecule has 27 heavy (non-hydrogen) atoms. The highest BCUT2D eigenvalue weighted by atomic mass is 16.7. The van der Waals surface area contributed by atoms with Crippen molar-refractivity contribution in [3.05, 3.63) is 17.7 Å². The van der Waals surface area contributed by atoms with Gasteiger partial charge in [-0.15, -0.1) is 0 Å². The Kier molecular flexibility index (Phi) is 4.18. The van der Waals surface area contributed by atoms with Crippen molar-refractivity contribution in [2.45, 2.75) is 11.8 Å². The standard InChI is InChI=1S/C18H20N4O5/c1-23-11-6-10(7-12(24-2)13(11)25-3)14-16(8-19)15(21)22-18(26-4,27-5)17(14,16)9-20/h6-7,14H,1-5H3,(H2,21,22). The van der Waals surface area contributed by atoms with Crippen molar-refractivity contribution in [3.63, 3.8) is 0 Å². The second-order valence-corrected chi connectivity index (χ2v) is 6.22. The normalized spacial score (nSPS) is 29.7. The van der Waals surface area contributed by atoms with E-state index in [0.717, 1.165) is 0 Å². The Hall–Kier alpha value is -3.01. The zero-order valence-corrected chi connectivity index (χ0v) is 15.7. The number of aliphatic imine (C=N–C) groups is 1. The highest BCUT2D eigenvalue weighted by Gasteiger charge is 2.93. The third-order valence-corrected chi connectivity index (χ3v) is 5.50. The monoisotopic (exact) mass is 372 g/mol. The van der Waals surface area contributed by atoms with E-state index in [1.165, 1.54) is 35.5 Å². The van der Waals surface area contributed by atoms with Gasteiger partial charge in [-0.05, 0) is 17.7 Å². The lowest BCUT2D eigenvalue weighted by molar-refractivity contribution is -0.230. The van der Waals surface area contributed by atoms with Crippen molar-refractivity contribution >= 4 is 5.84 Å². The molecule has 3 rings (SSSR count). The molecule has 1 aliphatic heterocycles. The zero-order valence-electron chi connectivity index (χ0n) is 15.7. The Morgan fingerprint density at radius 2 is 1.52 bits per heavy atom. The van der Waals surface area contributed by atoms with Gasteiger partial charge in [0.15, 0.2) is 16.9 Å². The molecule has 0 radical (unpaired) electrons. The molecule has 3 atom stereocenters. The molecule has 9 nitrogen and oxygen atoms in total. The number of amidine groups is 1. The van der Waals surface area contributed by atoms with Crippen molar-refractivity contribution in [2.75, 3.05) is 35.5 Å². The number of ether oxygens (including phenoxy) is 5. The molecule has 0 spiro atoms. The molecule has 142 valence electrons. The lowest BCUT2D eigenvalue weighted by Gasteiger charge is -2.29. The van der Waals surface area contributed by atoms with Crippen molar-refractivity contribution in [1.29, 1.82) is 10.5 Å². The van der Waals surface area contributed by atoms with E-state index in [0.29, 0.717) is 22.8 Å². The second kappa shape index (κ2) is 6.02. The minimum Gasteiger partial charge on any atom is -0.493 e. The first-order chi connectivity index (χ1) is 12.9. The van der Waals surface area contributed by atoms with Gasteiger partial charge in [-0.2, -0.15) is 10.5 Å². The number of nitriles is 2. The van der Waals surface area contributed by atoms with Gasteiger partial charge in [-0.1, -0.05) is 0 Å². The van der Waals surface area contributed by atoms with Gasteiger partial charge in [-0.3, -0.25) is 0 Å². The lowest BCUT2D eigenvalue weighted by Crippen LogP contribution is -2.41. The summed E-state index contributed by atoms with van der Waals surface area (Å²) in [4.78, 5) is 4.19. The summed E-state index contributed by atoms with van der Waals surface area (Å²) >= 11 is 0. The largest absolute Gasteiger partial charge is 0.493 e. The van der Waals surface area contributed by atoms with Gasteiger partial charge in [0.25, 0.3) is 5.91 Å². The van der Waals surface area contributed by atoms with Crippen LogP contribution >= 0.6 is 0 Å². The summed E-state index contributed by atoms with van der Waals surface area (Å²) in [5, 5.41) is 20.1. The maximum Gasteiger partial charge on any atom is 0.292 e. The fourth-order valence-electron chi connectivity index (χ4n) is 4.29. The maximum absolute atomic E-state index is 10.1. The summed E-state index contributed by atoms with van der Waals surface area (Å²) in [6, 6.07) is 7.75. The Labute approximate surface area is 156 Å². The van der Waals surface area contributed by atoms with Crippen LogP contribution in [0, 0.1) is 33.5 Å². The predicted octanol–water partition coefficient (Wildman–Crippen LogP) is 1.15. The molecule has 1 saturated carbocycles. The minimum atomic E-state index is -1.69. The smallest absolute Gasteiger partial charge is 0.292 e. The molecule has 1 aliphatic carbocycles. The molecule has 2 aliphatic rings. The minimum absolute atomic E-state index is 0.00555. The van der Waals surface area contributed by atoms with Crippen LogP contribution < -0.4 is 19.9 Å². The van der Waals surface area contributed by atoms with E-state index in [2.05, 4.69) is 17.1 Å². The van der Waals surface area contributed by atoms with Gasteiger partial charge >= 0.3 is 0 Å². The third kappa shape index (κ3) is 1.85. The van der Waals surface area contributed by atoms with Gasteiger partial charge < -0.3 is 29.4 Å². The molecule has 2 N–H and O–H groups in total. The van der Waals surface area contributed by atoms with E-state index in [-0.39, 0.29) is 5.84 Å². The van der Waals surface area contributed by atoms with Crippen LogP contribution in [0.1, 0.15) is 11.5 Å². The van der Waals surface area contributed by atoms with Crippen LogP contribution in [-0.4, -0.2) is 47.3 Å². The highest BCUT2D eigenvalue weighted by Crippen LogP contribution is 2.82. The van der Waals surface area contributed by atoms with E-state index >= 15 is 0 Å². The molecule has 0 aromatic heterocycles. The van der Waals surface area contributed by atoms with Gasteiger partial charge in [0, 0.05) is 20.1 Å². The van der Waals surface area contributed by atoms with Crippen LogP contribution in [0.2, 0.25) is 0 Å². The molecule has 0 bridgehead atoms. The van der Waals surface area contributed by atoms with Gasteiger partial charge in [0.1, 0.15) is 11.3 Å². The molecule has 0 saturated heterocycles. The van der Waals surface area contributed by atoms with Crippen LogP contribution in [-0.2, 0) is 9.47 Å². The van der Waals surface area contributed by atoms with Crippen LogP contribution in [0.25, 0.3) is 0 Å². The SMILES string of the molecule is COc1cc(C2C3(C#N)C(N)=NC(OC)(OC)C23C#N)cc(OC)c1OC. The topological polar surface area (TPSA) is 132 Å². The Morgan fingerprint density at radius 3 is 1.89 bits per heavy atom. The van der Waals surface area contributed by atoms with Crippen LogP contribution in [0.4, 0.5) is 0 Å². The number of methoxy groups -OCH3 is 5. The van der Waals surface area contributed by atoms with Gasteiger partial charge in [0.2, 0.25) is 5.75 Å². The Balaban J connectivity index is 2.27. The molecule has 9 heteroatoms. The van der Waals surface area contributed by atoms with Crippen molar-refractivity contribution < 1.29 is 23.7 Å². The molecular weight excluding hydrogens is 352 g/mol. The molecule has 1 aromatic rings. The molecule has 3 unspecified atom stereocenters. The van der Waals surface area contributed by atoms with E-state index in [9.17, 15) is 10.5 Å². The maximum atomic E-state index is 10.1. The van der Waals surface area contributed by atoms with E-state index in [1.807, 2.05) is 0 Å². The van der Waals surface area contributed by atoms with Gasteiger partial charge in [-0.25, -0.2) is 4.99 Å². The average Bonchev–Trinajstić information content (AvgIpc) is 3.28. The summed E-state index contributed by atoms with van der Waals surface area (Å²) in [5.41, 5.74) is 3.87. The first-order valence-corrected chi connectivity index (χ1v) is 8.02. The van der Waals surface area contributed by atoms with Crippen LogP contribution in [0.15, 0.2) is 17.1 Å². The predicted molar refractivity (Wildman–Crippen MR) is 93.3 cm³/mol. The van der Waals surface area contributed by atoms with Crippen molar-refractivity contribution in [2.24, 2.45) is 21.6 Å². The van der Waals surface area contributed by atoms with Crippen molar-refractivity contribution in [3.8, 4) is 29.4 Å². The first-order valence-electron chi connectivity index (χ1n) is 8.02. The number of hydrogen-bond acceptors (Lipinski definition) is 9. The quantitative estimate of drug-likeness (QED) is 0.735. The lowest BCUT2D eigenvalue weighted by atomic mass is 9.93. The summed E-state index contributed by atoms with van der Waals surface area (Å²) in [5.74, 6) is -1.16. The number of hydrogen-bond donors (Lipinski definition) is 1. The first kappa shape index (κ1) is 18.8. The summed E-state index contributed by atoms with van der Waals surface area (Å²) in [6.07, 6.45) is 0. The number of fused-ring (bicyclic) bond motifs is 1. The van der Waals surface area contributed by atoms with Crippen LogP contribution in [0.5, 0.6) is 17.2 Å². The number of nitrogens with zero attached hydrogens (tertiary/aromatic N) is 3. The molecule has 1 aromatic carbocycles. The van der Waals surface area contributed by atoms with Crippen molar-refractivity contribution in [1.82, 2.24) is 0 Å². The second-order valence-electron chi connectivity index (χ2n) is 6.22. The number of nitrogens with two attached hydrogens (primary N) is 1. The Bertz CT molecular complexity index is 873. The Morgan fingerprint density at radius 1 is 0.963 bits per heavy atom. The van der Waals surface area contributed by atoms with E-state index in [4.69, 9.17) is 29.4 Å². The molecule has 1 heterocycles. The van der Waals surface area contributed by atoms with Gasteiger partial charge in [0.05, 0.1) is 33.5 Å². The van der Waals surface area contributed by atoms with E-state index in [1.54, 1.807) is 12.1 Å². The molecule has 0 amide bonds. The average molecular weight is 372 g/mol. The zero-order chi connectivity index (χ0) is 20.0. The summed E-state index contributed by atoms with van der Waals surface area (Å²) < 4.78 is 27.0. The van der Waals surface area contributed by atoms with E-state index < -0.39 is 22.7 Å². The fraction of sp³-hybridized carbons (Fsp3) is 0.500. The molecule has 1 fully saturated rings. The van der Waals surface area contributed by atoms with Crippen LogP contribution in [0.3, 0.4) is 0 Å². The molecular formula is C18H20N4O5. The summed E-state index contributed by atoms with van der Waals surface area (Å²) in [6.45, 7) is 0. The summed E-state index contributed by atoms with van der Waals surface area (Å²) in [7, 11) is 7.18. The number of rotatable bonds is 6.